The molecule has 0 spiro atoms. The van der Waals surface area contributed by atoms with Gasteiger partial charge in [0.05, 0.1) is 13.2 Å². The first-order chi connectivity index (χ1) is 11.6. The van der Waals surface area contributed by atoms with Gasteiger partial charge in [-0.05, 0) is 43.0 Å². The second kappa shape index (κ2) is 7.53. The zero-order chi connectivity index (χ0) is 17.1. The molecule has 24 heavy (non-hydrogen) atoms. The lowest BCUT2D eigenvalue weighted by atomic mass is 9.94. The Hall–Kier alpha value is -1.59. The predicted molar refractivity (Wildman–Crippen MR) is 93.3 cm³/mol. The highest BCUT2D eigenvalue weighted by molar-refractivity contribution is 5.94. The topological polar surface area (TPSA) is 53.0 Å². The Labute approximate surface area is 144 Å². The van der Waals surface area contributed by atoms with E-state index in [4.69, 9.17) is 4.74 Å². The number of hydrogen-bond acceptors (Lipinski definition) is 4. The molecular formula is C19H28N2O3. The Kier molecular flexibility index (Phi) is 5.41. The van der Waals surface area contributed by atoms with Crippen molar-refractivity contribution in [3.63, 3.8) is 0 Å². The number of carbonyl (C=O) groups excluding carboxylic acids is 1. The molecule has 1 atom stereocenters. The number of likely N-dealkylation sites (N-methyl/N-ethyl adjacent to an activating group) is 1. The van der Waals surface area contributed by atoms with Crippen LogP contribution >= 0.6 is 0 Å². The molecule has 1 saturated heterocycles. The number of rotatable bonds is 6. The van der Waals surface area contributed by atoms with Crippen molar-refractivity contribution < 1.29 is 14.6 Å². The fourth-order valence-electron chi connectivity index (χ4n) is 3.97. The average Bonchev–Trinajstić information content (AvgIpc) is 3.10. The summed E-state index contributed by atoms with van der Waals surface area (Å²) >= 11 is 0. The fourth-order valence-corrected chi connectivity index (χ4v) is 3.97. The van der Waals surface area contributed by atoms with Gasteiger partial charge < -0.3 is 14.7 Å². The molecule has 0 bridgehead atoms. The van der Waals surface area contributed by atoms with Crippen LogP contribution in [0.2, 0.25) is 0 Å². The van der Waals surface area contributed by atoms with Gasteiger partial charge >= 0.3 is 0 Å². The predicted octanol–water partition coefficient (Wildman–Crippen LogP) is 2.00. The summed E-state index contributed by atoms with van der Waals surface area (Å²) < 4.78 is 5.17. The quantitative estimate of drug-likeness (QED) is 0.866. The molecule has 3 rings (SSSR count). The average molecular weight is 332 g/mol. The van der Waals surface area contributed by atoms with Crippen molar-refractivity contribution in [2.45, 2.75) is 37.8 Å². The van der Waals surface area contributed by atoms with E-state index in [-0.39, 0.29) is 18.1 Å². The van der Waals surface area contributed by atoms with E-state index in [9.17, 15) is 9.90 Å². The van der Waals surface area contributed by atoms with Crippen LogP contribution in [0.25, 0.3) is 0 Å². The number of β-amino-alcohol motifs (C(OH)–C–C–N with tert-alkyl or cyclic N) is 1. The van der Waals surface area contributed by atoms with Crippen LogP contribution in [0, 0.1) is 5.92 Å². The molecule has 2 fully saturated rings. The van der Waals surface area contributed by atoms with Gasteiger partial charge in [-0.15, -0.1) is 0 Å². The van der Waals surface area contributed by atoms with Gasteiger partial charge in [0.2, 0.25) is 0 Å². The van der Waals surface area contributed by atoms with Crippen molar-refractivity contribution in [1.29, 1.82) is 0 Å². The van der Waals surface area contributed by atoms with Gasteiger partial charge in [-0.1, -0.05) is 12.8 Å². The van der Waals surface area contributed by atoms with Crippen molar-refractivity contribution >= 4 is 5.91 Å². The second-order valence-electron chi connectivity index (χ2n) is 7.13. The van der Waals surface area contributed by atoms with Gasteiger partial charge in [0.1, 0.15) is 5.75 Å². The first kappa shape index (κ1) is 17.2. The molecule has 1 aliphatic heterocycles. The van der Waals surface area contributed by atoms with Crippen LogP contribution in [-0.2, 0) is 0 Å². The molecule has 0 aromatic heterocycles. The van der Waals surface area contributed by atoms with E-state index in [2.05, 4.69) is 4.90 Å². The van der Waals surface area contributed by atoms with Crippen LogP contribution < -0.4 is 4.74 Å². The van der Waals surface area contributed by atoms with Gasteiger partial charge in [0, 0.05) is 38.3 Å². The number of hydrogen-bond donors (Lipinski definition) is 1. The summed E-state index contributed by atoms with van der Waals surface area (Å²) in [5.41, 5.74) is 0.699. The maximum atomic E-state index is 12.9. The number of benzene rings is 1. The highest BCUT2D eigenvalue weighted by Gasteiger charge is 2.35. The Balaban J connectivity index is 1.70. The van der Waals surface area contributed by atoms with Gasteiger partial charge in [0.15, 0.2) is 0 Å². The highest BCUT2D eigenvalue weighted by Crippen LogP contribution is 2.31. The summed E-state index contributed by atoms with van der Waals surface area (Å²) in [5.74, 6) is 1.39. The zero-order valence-corrected chi connectivity index (χ0v) is 14.6. The Bertz CT molecular complexity index is 548. The van der Waals surface area contributed by atoms with Crippen molar-refractivity contribution in [3.05, 3.63) is 29.8 Å². The number of ether oxygens (including phenoxy) is 1. The molecule has 1 saturated carbocycles. The van der Waals surface area contributed by atoms with Gasteiger partial charge in [-0.2, -0.15) is 0 Å². The Morgan fingerprint density at radius 2 is 1.92 bits per heavy atom. The third-order valence-electron chi connectivity index (χ3n) is 5.48. The molecule has 0 radical (unpaired) electrons. The highest BCUT2D eigenvalue weighted by atomic mass is 16.5. The second-order valence-corrected chi connectivity index (χ2v) is 7.13. The van der Waals surface area contributed by atoms with Crippen molar-refractivity contribution in [1.82, 2.24) is 9.80 Å². The van der Waals surface area contributed by atoms with E-state index in [0.29, 0.717) is 11.5 Å². The first-order valence-corrected chi connectivity index (χ1v) is 8.90. The lowest BCUT2D eigenvalue weighted by Gasteiger charge is -2.42. The molecule has 1 heterocycles. The van der Waals surface area contributed by atoms with Crippen LogP contribution in [0.3, 0.4) is 0 Å². The number of likely N-dealkylation sites (tertiary alicyclic amines) is 1. The third kappa shape index (κ3) is 3.73. The molecule has 5 nitrogen and oxygen atoms in total. The van der Waals surface area contributed by atoms with Crippen molar-refractivity contribution in [3.8, 4) is 5.75 Å². The summed E-state index contributed by atoms with van der Waals surface area (Å²) in [6.45, 7) is 2.32. The van der Waals surface area contributed by atoms with E-state index in [1.165, 1.54) is 25.7 Å². The minimum Gasteiger partial charge on any atom is -0.497 e. The zero-order valence-electron chi connectivity index (χ0n) is 14.6. The minimum atomic E-state index is -0.197. The number of nitrogens with zero attached hydrogens (tertiary/aromatic N) is 2. The van der Waals surface area contributed by atoms with Gasteiger partial charge in [-0.3, -0.25) is 9.69 Å². The fraction of sp³-hybridized carbons (Fsp3) is 0.632. The summed E-state index contributed by atoms with van der Waals surface area (Å²) in [4.78, 5) is 17.1. The lowest BCUT2D eigenvalue weighted by molar-refractivity contribution is -0.0166. The van der Waals surface area contributed by atoms with Crippen molar-refractivity contribution in [2.24, 2.45) is 5.92 Å². The molecule has 1 N–H and O–H groups in total. The van der Waals surface area contributed by atoms with Crippen LogP contribution in [0.5, 0.6) is 5.75 Å². The molecule has 132 valence electrons. The SMILES string of the molecule is COc1ccc(C(=O)N(C)C(CN2CC(O)C2)C2CCCC2)cc1. The van der Waals surface area contributed by atoms with E-state index < -0.39 is 0 Å². The van der Waals surface area contributed by atoms with Crippen LogP contribution in [-0.4, -0.2) is 66.8 Å². The minimum absolute atomic E-state index is 0.0654. The van der Waals surface area contributed by atoms with Gasteiger partial charge in [0.25, 0.3) is 5.91 Å². The molecule has 5 heteroatoms. The Morgan fingerprint density at radius 1 is 1.29 bits per heavy atom. The molecule has 1 amide bonds. The summed E-state index contributed by atoms with van der Waals surface area (Å²) in [5, 5.41) is 9.54. The van der Waals surface area contributed by atoms with Crippen LogP contribution in [0.4, 0.5) is 0 Å². The molecule has 1 aromatic rings. The van der Waals surface area contributed by atoms with E-state index in [1.807, 2.05) is 36.2 Å². The normalized spacial score (nSPS) is 20.6. The standard InChI is InChI=1S/C19H28N2O3/c1-20(19(23)15-7-9-17(24-2)10-8-15)18(14-5-3-4-6-14)13-21-11-16(22)12-21/h7-10,14,16,18,22H,3-6,11-13H2,1-2H3. The number of aliphatic hydroxyl groups is 1. The van der Waals surface area contributed by atoms with Crippen LogP contribution in [0.1, 0.15) is 36.0 Å². The number of aliphatic hydroxyl groups excluding tert-OH is 1. The molecule has 1 aromatic carbocycles. The first-order valence-electron chi connectivity index (χ1n) is 8.90. The summed E-state index contributed by atoms with van der Waals surface area (Å²) in [6.07, 6.45) is 4.71. The molecule has 2 aliphatic rings. The molecule has 1 aliphatic carbocycles. The van der Waals surface area contributed by atoms with E-state index in [0.717, 1.165) is 25.4 Å². The number of amides is 1. The van der Waals surface area contributed by atoms with E-state index >= 15 is 0 Å². The van der Waals surface area contributed by atoms with Crippen LogP contribution in [0.15, 0.2) is 24.3 Å². The van der Waals surface area contributed by atoms with Gasteiger partial charge in [-0.25, -0.2) is 0 Å². The number of methoxy groups -OCH3 is 1. The lowest BCUT2D eigenvalue weighted by Crippen LogP contribution is -2.57. The molecule has 1 unspecified atom stereocenters. The summed E-state index contributed by atoms with van der Waals surface area (Å²) in [7, 11) is 3.55. The molecular weight excluding hydrogens is 304 g/mol. The monoisotopic (exact) mass is 332 g/mol. The van der Waals surface area contributed by atoms with Crippen molar-refractivity contribution in [2.75, 3.05) is 33.8 Å². The Morgan fingerprint density at radius 3 is 2.46 bits per heavy atom. The third-order valence-corrected chi connectivity index (χ3v) is 5.48. The maximum absolute atomic E-state index is 12.9. The smallest absolute Gasteiger partial charge is 0.253 e. The largest absolute Gasteiger partial charge is 0.497 e. The maximum Gasteiger partial charge on any atom is 0.253 e. The van der Waals surface area contributed by atoms with E-state index in [1.54, 1.807) is 7.11 Å². The number of carbonyl (C=O) groups is 1. The summed E-state index contributed by atoms with van der Waals surface area (Å²) in [6, 6.07) is 7.54.